The van der Waals surface area contributed by atoms with E-state index in [0.29, 0.717) is 5.56 Å². The Morgan fingerprint density at radius 2 is 1.95 bits per heavy atom. The Labute approximate surface area is 141 Å². The van der Waals surface area contributed by atoms with E-state index in [1.54, 1.807) is 18.5 Å². The van der Waals surface area contributed by atoms with Crippen molar-refractivity contribution in [3.63, 3.8) is 0 Å². The number of rotatable bonds is 7. The number of hydrogen-bond donors (Lipinski definition) is 1. The molecule has 1 N–H and O–H groups in total. The maximum absolute atomic E-state index is 11.9. The molecule has 0 bridgehead atoms. The lowest BCUT2D eigenvalue weighted by Crippen LogP contribution is -2.46. The number of aromatic nitrogens is 1. The summed E-state index contributed by atoms with van der Waals surface area (Å²) in [7, 11) is 0. The molecule has 5 nitrogen and oxygen atoms in total. The van der Waals surface area contributed by atoms with Crippen molar-refractivity contribution in [3.05, 3.63) is 28.5 Å². The van der Waals surface area contributed by atoms with E-state index in [1.165, 1.54) is 26.2 Å². The molecule has 0 saturated carbocycles. The second-order valence-corrected chi connectivity index (χ2v) is 6.55. The summed E-state index contributed by atoms with van der Waals surface area (Å²) in [5.41, 5.74) is 0.602. The molecule has 0 spiro atoms. The van der Waals surface area contributed by atoms with Crippen molar-refractivity contribution in [1.29, 1.82) is 0 Å². The molecule has 0 radical (unpaired) electrons. The minimum absolute atomic E-state index is 0.0506. The van der Waals surface area contributed by atoms with Gasteiger partial charge in [-0.15, -0.1) is 0 Å². The van der Waals surface area contributed by atoms with Crippen molar-refractivity contribution in [2.75, 3.05) is 45.8 Å². The highest BCUT2D eigenvalue weighted by molar-refractivity contribution is 9.10. The van der Waals surface area contributed by atoms with Crippen LogP contribution >= 0.6 is 15.9 Å². The number of hydrogen-bond acceptors (Lipinski definition) is 4. The highest BCUT2D eigenvalue weighted by Crippen LogP contribution is 2.09. The normalized spacial score (nSPS) is 16.6. The summed E-state index contributed by atoms with van der Waals surface area (Å²) in [5, 5.41) is 2.95. The fourth-order valence-electron chi connectivity index (χ4n) is 2.63. The maximum atomic E-state index is 11.9. The van der Waals surface area contributed by atoms with Crippen LogP contribution in [0.15, 0.2) is 22.9 Å². The van der Waals surface area contributed by atoms with Crippen molar-refractivity contribution < 1.29 is 4.79 Å². The van der Waals surface area contributed by atoms with Crippen LogP contribution in [-0.2, 0) is 0 Å². The van der Waals surface area contributed by atoms with E-state index in [0.717, 1.165) is 36.9 Å². The number of halogens is 1. The van der Waals surface area contributed by atoms with Crippen LogP contribution < -0.4 is 5.32 Å². The fraction of sp³-hybridized carbons (Fsp3) is 0.625. The van der Waals surface area contributed by atoms with Crippen molar-refractivity contribution >= 4 is 21.8 Å². The fourth-order valence-corrected chi connectivity index (χ4v) is 2.99. The molecule has 1 aromatic heterocycles. The first-order valence-electron chi connectivity index (χ1n) is 8.02. The predicted octanol–water partition coefficient (Wildman–Crippen LogP) is 1.99. The van der Waals surface area contributed by atoms with Gasteiger partial charge in [-0.1, -0.05) is 6.92 Å². The molecule has 0 unspecified atom stereocenters. The molecule has 1 fully saturated rings. The molecule has 6 heteroatoms. The Bertz CT molecular complexity index is 475. The Kier molecular flexibility index (Phi) is 7.29. The molecule has 2 heterocycles. The lowest BCUT2D eigenvalue weighted by molar-refractivity contribution is 0.0951. The summed E-state index contributed by atoms with van der Waals surface area (Å²) >= 11 is 3.33. The van der Waals surface area contributed by atoms with Crippen molar-refractivity contribution in [1.82, 2.24) is 20.1 Å². The van der Waals surface area contributed by atoms with Crippen LogP contribution in [0, 0.1) is 0 Å². The van der Waals surface area contributed by atoms with Crippen molar-refractivity contribution in [2.24, 2.45) is 0 Å². The summed E-state index contributed by atoms with van der Waals surface area (Å²) in [6, 6.07) is 1.79. The lowest BCUT2D eigenvalue weighted by Gasteiger charge is -2.33. The molecule has 1 amide bonds. The van der Waals surface area contributed by atoms with Crippen LogP contribution in [-0.4, -0.2) is 66.5 Å². The molecule has 22 heavy (non-hydrogen) atoms. The third-order valence-corrected chi connectivity index (χ3v) is 4.50. The summed E-state index contributed by atoms with van der Waals surface area (Å²) in [6.45, 7) is 9.94. The Morgan fingerprint density at radius 1 is 1.23 bits per heavy atom. The summed E-state index contributed by atoms with van der Waals surface area (Å²) in [5.74, 6) is -0.0506. The van der Waals surface area contributed by atoms with Gasteiger partial charge in [-0.2, -0.15) is 0 Å². The van der Waals surface area contributed by atoms with E-state index in [1.807, 2.05) is 0 Å². The number of nitrogens with zero attached hydrogens (tertiary/aromatic N) is 3. The van der Waals surface area contributed by atoms with Gasteiger partial charge in [-0.25, -0.2) is 0 Å². The molecule has 1 aliphatic heterocycles. The number of nitrogens with one attached hydrogen (secondary N) is 1. The molecule has 0 aliphatic carbocycles. The lowest BCUT2D eigenvalue weighted by atomic mass is 10.2. The smallest absolute Gasteiger partial charge is 0.252 e. The average molecular weight is 369 g/mol. The van der Waals surface area contributed by atoms with Gasteiger partial charge in [0.1, 0.15) is 0 Å². The zero-order valence-electron chi connectivity index (χ0n) is 13.2. The molecular formula is C16H25BrN4O. The molecule has 1 aliphatic rings. The Balaban J connectivity index is 1.57. The van der Waals surface area contributed by atoms with Crippen molar-refractivity contribution in [2.45, 2.75) is 19.8 Å². The van der Waals surface area contributed by atoms with E-state index in [2.05, 4.69) is 43.0 Å². The number of carbonyl (C=O) groups is 1. The molecule has 1 saturated heterocycles. The third-order valence-electron chi connectivity index (χ3n) is 4.07. The summed E-state index contributed by atoms with van der Waals surface area (Å²) in [6.07, 6.45) is 5.41. The van der Waals surface area contributed by atoms with E-state index < -0.39 is 0 Å². The highest BCUT2D eigenvalue weighted by atomic mass is 79.9. The molecule has 2 rings (SSSR count). The number of unbranched alkanes of at least 4 members (excludes halogenated alkanes) is 1. The van der Waals surface area contributed by atoms with Gasteiger partial charge in [0.25, 0.3) is 5.91 Å². The van der Waals surface area contributed by atoms with Gasteiger partial charge in [0.2, 0.25) is 0 Å². The zero-order valence-corrected chi connectivity index (χ0v) is 14.8. The van der Waals surface area contributed by atoms with Gasteiger partial charge in [-0.3, -0.25) is 9.78 Å². The number of carbonyl (C=O) groups excluding carboxylic acids is 1. The van der Waals surface area contributed by atoms with Gasteiger partial charge in [0.05, 0.1) is 5.56 Å². The summed E-state index contributed by atoms with van der Waals surface area (Å²) < 4.78 is 0.825. The van der Waals surface area contributed by atoms with Crippen LogP contribution in [0.25, 0.3) is 0 Å². The Morgan fingerprint density at radius 3 is 2.64 bits per heavy atom. The quantitative estimate of drug-likeness (QED) is 0.747. The van der Waals surface area contributed by atoms with Gasteiger partial charge in [0.15, 0.2) is 0 Å². The van der Waals surface area contributed by atoms with E-state index in [-0.39, 0.29) is 5.91 Å². The molecule has 0 aromatic carbocycles. The second-order valence-electron chi connectivity index (χ2n) is 5.63. The molecular weight excluding hydrogens is 344 g/mol. The zero-order chi connectivity index (χ0) is 15.8. The van der Waals surface area contributed by atoms with Gasteiger partial charge >= 0.3 is 0 Å². The second kappa shape index (κ2) is 9.22. The van der Waals surface area contributed by atoms with Crippen LogP contribution in [0.1, 0.15) is 30.1 Å². The van der Waals surface area contributed by atoms with Crippen LogP contribution in [0.2, 0.25) is 0 Å². The SMILES string of the molecule is CCN1CCN(CCCCNC(=O)c2cncc(Br)c2)CC1. The van der Waals surface area contributed by atoms with Gasteiger partial charge in [0, 0.05) is 49.6 Å². The number of likely N-dealkylation sites (N-methyl/N-ethyl adjacent to an activating group) is 1. The van der Waals surface area contributed by atoms with E-state index in [4.69, 9.17) is 0 Å². The minimum atomic E-state index is -0.0506. The standard InChI is InChI=1S/C16H25BrN4O/c1-2-20-7-9-21(10-8-20)6-4-3-5-19-16(22)14-11-15(17)13-18-12-14/h11-13H,2-10H2,1H3,(H,19,22). The van der Waals surface area contributed by atoms with Crippen LogP contribution in [0.5, 0.6) is 0 Å². The molecule has 0 atom stereocenters. The number of piperazine rings is 1. The highest BCUT2D eigenvalue weighted by Gasteiger charge is 2.14. The monoisotopic (exact) mass is 368 g/mol. The van der Waals surface area contributed by atoms with Crippen LogP contribution in [0.4, 0.5) is 0 Å². The minimum Gasteiger partial charge on any atom is -0.352 e. The van der Waals surface area contributed by atoms with E-state index in [9.17, 15) is 4.79 Å². The maximum Gasteiger partial charge on any atom is 0.252 e. The first-order chi connectivity index (χ1) is 10.7. The van der Waals surface area contributed by atoms with Gasteiger partial charge in [-0.05, 0) is 47.9 Å². The average Bonchev–Trinajstić information content (AvgIpc) is 2.55. The largest absolute Gasteiger partial charge is 0.352 e. The predicted molar refractivity (Wildman–Crippen MR) is 92.1 cm³/mol. The Hall–Kier alpha value is -0.980. The first-order valence-corrected chi connectivity index (χ1v) is 8.82. The first kappa shape index (κ1) is 17.4. The topological polar surface area (TPSA) is 48.5 Å². The van der Waals surface area contributed by atoms with E-state index >= 15 is 0 Å². The van der Waals surface area contributed by atoms with Gasteiger partial charge < -0.3 is 15.1 Å². The van der Waals surface area contributed by atoms with Crippen LogP contribution in [0.3, 0.4) is 0 Å². The molecule has 122 valence electrons. The molecule has 1 aromatic rings. The number of pyridine rings is 1. The summed E-state index contributed by atoms with van der Waals surface area (Å²) in [4.78, 5) is 21.0. The number of amides is 1. The van der Waals surface area contributed by atoms with Crippen molar-refractivity contribution in [3.8, 4) is 0 Å². The third kappa shape index (κ3) is 5.66.